The van der Waals surface area contributed by atoms with E-state index in [1.165, 1.54) is 6.07 Å². The average molecular weight is 578 g/mol. The minimum Gasteiger partial charge on any atom is -0.497 e. The lowest BCUT2D eigenvalue weighted by Crippen LogP contribution is -2.34. The molecule has 0 saturated heterocycles. The summed E-state index contributed by atoms with van der Waals surface area (Å²) in [5.74, 6) is -1.06. The molecule has 8 nitrogen and oxygen atoms in total. The van der Waals surface area contributed by atoms with Gasteiger partial charge in [0.15, 0.2) is 11.6 Å². The Morgan fingerprint density at radius 3 is 2.52 bits per heavy atom. The second-order valence-corrected chi connectivity index (χ2v) is 10.1. The van der Waals surface area contributed by atoms with Gasteiger partial charge in [0.05, 0.1) is 38.6 Å². The first-order valence-electron chi connectivity index (χ1n) is 13.7. The van der Waals surface area contributed by atoms with Crippen LogP contribution in [0.5, 0.6) is 11.6 Å². The summed E-state index contributed by atoms with van der Waals surface area (Å²) < 4.78 is 51.4. The predicted molar refractivity (Wildman–Crippen MR) is 153 cm³/mol. The highest BCUT2D eigenvalue weighted by atomic mass is 19.2. The van der Waals surface area contributed by atoms with E-state index in [1.54, 1.807) is 7.11 Å². The normalized spacial score (nSPS) is 15.2. The van der Waals surface area contributed by atoms with Gasteiger partial charge in [-0.25, -0.2) is 18.6 Å². The molecule has 1 unspecified atom stereocenters. The van der Waals surface area contributed by atoms with Crippen molar-refractivity contribution in [2.45, 2.75) is 32.2 Å². The maximum Gasteiger partial charge on any atom is 0.407 e. The highest BCUT2D eigenvalue weighted by Gasteiger charge is 2.32. The summed E-state index contributed by atoms with van der Waals surface area (Å²) in [6.07, 6.45) is -0.593. The quantitative estimate of drug-likeness (QED) is 0.229. The minimum atomic E-state index is -1.000. The first kappa shape index (κ1) is 29.2. The Morgan fingerprint density at radius 2 is 1.81 bits per heavy atom. The average Bonchev–Trinajstić information content (AvgIpc) is 3.02. The lowest BCUT2D eigenvalue weighted by molar-refractivity contribution is 0.0269. The number of hydrogen-bond acceptors (Lipinski definition) is 7. The number of hydrogen-bond donors (Lipinski definition) is 1. The van der Waals surface area contributed by atoms with Gasteiger partial charge in [-0.3, -0.25) is 4.90 Å². The summed E-state index contributed by atoms with van der Waals surface area (Å²) in [5.41, 5.74) is 3.29. The van der Waals surface area contributed by atoms with Gasteiger partial charge in [-0.1, -0.05) is 42.5 Å². The summed E-state index contributed by atoms with van der Waals surface area (Å²) in [6.45, 7) is 2.93. The van der Waals surface area contributed by atoms with Crippen molar-refractivity contribution in [3.63, 3.8) is 0 Å². The summed E-state index contributed by atoms with van der Waals surface area (Å²) in [7, 11) is 3.59. The van der Waals surface area contributed by atoms with Gasteiger partial charge in [-0.15, -0.1) is 0 Å². The Morgan fingerprint density at radius 1 is 1.10 bits per heavy atom. The van der Waals surface area contributed by atoms with Crippen molar-refractivity contribution in [1.82, 2.24) is 15.2 Å². The van der Waals surface area contributed by atoms with Gasteiger partial charge in [0, 0.05) is 17.0 Å². The number of alkyl carbamates (subject to hydrolysis) is 1. The van der Waals surface area contributed by atoms with E-state index in [0.717, 1.165) is 28.5 Å². The predicted octanol–water partition coefficient (Wildman–Crippen LogP) is 6.09. The standard InChI is InChI=1S/C32H33F2N3O5/c1-20(22-9-11-23(39-3)12-10-22)37(2)29-19-40-18-28-30(29)24-15-26(33)27(34)16-25(24)31(36-28)41-14-13-35-32(38)42-17-21-7-5-4-6-8-21/h4-12,15-16,20,29H,13-14,17-19H2,1-3H3,(H,35,38)/t20-,29?/m1/s1. The fraction of sp³-hybridized carbons (Fsp3) is 0.312. The van der Waals surface area contributed by atoms with Gasteiger partial charge in [0.25, 0.3) is 0 Å². The molecular weight excluding hydrogens is 544 g/mol. The molecule has 0 radical (unpaired) electrons. The van der Waals surface area contributed by atoms with Crippen LogP contribution < -0.4 is 14.8 Å². The molecule has 1 aromatic heterocycles. The molecule has 1 aliphatic heterocycles. The largest absolute Gasteiger partial charge is 0.497 e. The van der Waals surface area contributed by atoms with Crippen molar-refractivity contribution < 1.29 is 32.5 Å². The van der Waals surface area contributed by atoms with Crippen LogP contribution in [0.3, 0.4) is 0 Å². The number of nitrogens with one attached hydrogen (secondary N) is 1. The van der Waals surface area contributed by atoms with Gasteiger partial charge >= 0.3 is 6.09 Å². The number of halogens is 2. The van der Waals surface area contributed by atoms with E-state index < -0.39 is 17.7 Å². The van der Waals surface area contributed by atoms with Crippen LogP contribution in [0.4, 0.5) is 13.6 Å². The molecule has 0 saturated carbocycles. The number of fused-ring (bicyclic) bond motifs is 3. The van der Waals surface area contributed by atoms with Crippen LogP contribution in [0.25, 0.3) is 10.8 Å². The molecule has 1 N–H and O–H groups in total. The summed E-state index contributed by atoms with van der Waals surface area (Å²) in [4.78, 5) is 18.9. The molecule has 2 heterocycles. The van der Waals surface area contributed by atoms with E-state index >= 15 is 0 Å². The van der Waals surface area contributed by atoms with Crippen molar-refractivity contribution in [3.05, 3.63) is 101 Å². The molecule has 0 spiro atoms. The molecule has 4 aromatic rings. The molecular formula is C32H33F2N3O5. The first-order valence-corrected chi connectivity index (χ1v) is 13.7. The van der Waals surface area contributed by atoms with E-state index in [0.29, 0.717) is 23.1 Å². The smallest absolute Gasteiger partial charge is 0.407 e. The molecule has 2 atom stereocenters. The molecule has 10 heteroatoms. The number of rotatable bonds is 10. The SMILES string of the molecule is COc1ccc([C@@H](C)N(C)C2COCc3nc(OCCNC(=O)OCc4ccccc4)c4cc(F)c(F)cc4c32)cc1. The van der Waals surface area contributed by atoms with Crippen LogP contribution in [0.2, 0.25) is 0 Å². The topological polar surface area (TPSA) is 82.2 Å². The highest BCUT2D eigenvalue weighted by molar-refractivity contribution is 5.91. The third kappa shape index (κ3) is 6.45. The second-order valence-electron chi connectivity index (χ2n) is 10.1. The second kappa shape index (κ2) is 13.1. The van der Waals surface area contributed by atoms with Crippen LogP contribution >= 0.6 is 0 Å². The number of ether oxygens (including phenoxy) is 4. The van der Waals surface area contributed by atoms with E-state index in [1.807, 2.05) is 61.6 Å². The number of methoxy groups -OCH3 is 1. The van der Waals surface area contributed by atoms with Gasteiger partial charge < -0.3 is 24.3 Å². The molecule has 0 bridgehead atoms. The maximum atomic E-state index is 14.6. The zero-order valence-electron chi connectivity index (χ0n) is 23.7. The fourth-order valence-corrected chi connectivity index (χ4v) is 5.07. The van der Waals surface area contributed by atoms with Crippen molar-refractivity contribution >= 4 is 16.9 Å². The lowest BCUT2D eigenvalue weighted by atomic mass is 9.93. The number of carbonyl (C=O) groups excluding carboxylic acids is 1. The van der Waals surface area contributed by atoms with Crippen molar-refractivity contribution in [3.8, 4) is 11.6 Å². The number of carbonyl (C=O) groups is 1. The van der Waals surface area contributed by atoms with Gasteiger partial charge in [0.1, 0.15) is 19.0 Å². The Kier molecular flexibility index (Phi) is 9.14. The summed E-state index contributed by atoms with van der Waals surface area (Å²) >= 11 is 0. The van der Waals surface area contributed by atoms with E-state index in [2.05, 4.69) is 22.1 Å². The minimum absolute atomic E-state index is 0.0283. The number of likely N-dealkylation sites (N-methyl/N-ethyl adjacent to an activating group) is 1. The molecule has 1 amide bonds. The molecule has 1 aliphatic rings. The van der Waals surface area contributed by atoms with Crippen molar-refractivity contribution in [1.29, 1.82) is 0 Å². The third-order valence-corrected chi connectivity index (χ3v) is 7.50. The summed E-state index contributed by atoms with van der Waals surface area (Å²) in [5, 5.41) is 3.47. The Bertz CT molecular complexity index is 1540. The molecule has 220 valence electrons. The lowest BCUT2D eigenvalue weighted by Gasteiger charge is -2.37. The number of nitrogens with zero attached hydrogens (tertiary/aromatic N) is 2. The molecule has 0 fully saturated rings. The van der Waals surface area contributed by atoms with E-state index in [-0.39, 0.29) is 44.3 Å². The molecule has 5 rings (SSSR count). The number of amides is 1. The third-order valence-electron chi connectivity index (χ3n) is 7.50. The fourth-order valence-electron chi connectivity index (χ4n) is 5.07. The number of pyridine rings is 1. The zero-order valence-corrected chi connectivity index (χ0v) is 23.7. The van der Waals surface area contributed by atoms with Gasteiger partial charge in [0.2, 0.25) is 5.88 Å². The van der Waals surface area contributed by atoms with E-state index in [4.69, 9.17) is 18.9 Å². The van der Waals surface area contributed by atoms with Crippen LogP contribution in [0.1, 0.15) is 41.4 Å². The Hall–Kier alpha value is -4.28. The van der Waals surface area contributed by atoms with Crippen LogP contribution in [-0.2, 0) is 22.7 Å². The highest BCUT2D eigenvalue weighted by Crippen LogP contribution is 2.41. The van der Waals surface area contributed by atoms with Crippen LogP contribution in [-0.4, -0.2) is 49.9 Å². The van der Waals surface area contributed by atoms with Crippen molar-refractivity contribution in [2.75, 3.05) is 33.9 Å². The molecule has 3 aromatic carbocycles. The van der Waals surface area contributed by atoms with Crippen LogP contribution in [0, 0.1) is 11.6 Å². The Labute approximate surface area is 243 Å². The molecule has 0 aliphatic carbocycles. The first-order chi connectivity index (χ1) is 20.4. The maximum absolute atomic E-state index is 14.6. The van der Waals surface area contributed by atoms with E-state index in [9.17, 15) is 13.6 Å². The van der Waals surface area contributed by atoms with Crippen molar-refractivity contribution in [2.24, 2.45) is 0 Å². The van der Waals surface area contributed by atoms with Gasteiger partial charge in [-0.05, 0) is 54.8 Å². The summed E-state index contributed by atoms with van der Waals surface area (Å²) in [6, 6.07) is 19.1. The molecule has 42 heavy (non-hydrogen) atoms. The Balaban J connectivity index is 1.34. The zero-order chi connectivity index (χ0) is 29.6. The monoisotopic (exact) mass is 577 g/mol. The van der Waals surface area contributed by atoms with Gasteiger partial charge in [-0.2, -0.15) is 0 Å². The van der Waals surface area contributed by atoms with Crippen LogP contribution in [0.15, 0.2) is 66.7 Å². The number of aromatic nitrogens is 1. The number of benzene rings is 3.